The van der Waals surface area contributed by atoms with Crippen molar-refractivity contribution >= 4 is 57.0 Å². The van der Waals surface area contributed by atoms with Gasteiger partial charge in [-0.2, -0.15) is 16.9 Å². The highest BCUT2D eigenvalue weighted by Gasteiger charge is 2.26. The van der Waals surface area contributed by atoms with Crippen LogP contribution in [0.5, 0.6) is 0 Å². The van der Waals surface area contributed by atoms with E-state index in [1.165, 1.54) is 35.2 Å². The quantitative estimate of drug-likeness (QED) is 0.242. The molecule has 15 heteroatoms. The number of amidine groups is 1. The van der Waals surface area contributed by atoms with Gasteiger partial charge >= 0.3 is 0 Å². The number of nitrogens with one attached hydrogen (secondary N) is 2. The van der Waals surface area contributed by atoms with E-state index in [0.717, 1.165) is 42.2 Å². The van der Waals surface area contributed by atoms with Crippen LogP contribution in [0.15, 0.2) is 41.5 Å². The van der Waals surface area contributed by atoms with Gasteiger partial charge in [0.15, 0.2) is 5.17 Å². The van der Waals surface area contributed by atoms with Gasteiger partial charge in [0, 0.05) is 24.6 Å². The predicted octanol–water partition coefficient (Wildman–Crippen LogP) is 4.58. The van der Waals surface area contributed by atoms with Gasteiger partial charge in [0.2, 0.25) is 16.9 Å². The number of amides is 2. The van der Waals surface area contributed by atoms with E-state index in [4.69, 9.17) is 0 Å². The monoisotopic (exact) mass is 612 g/mol. The van der Waals surface area contributed by atoms with Gasteiger partial charge in [0.1, 0.15) is 33.7 Å². The second-order valence-corrected chi connectivity index (χ2v) is 12.0. The van der Waals surface area contributed by atoms with E-state index in [0.29, 0.717) is 16.6 Å². The summed E-state index contributed by atoms with van der Waals surface area (Å²) in [7, 11) is 1.79. The normalized spacial score (nSPS) is 14.8. The molecule has 3 aromatic rings. The van der Waals surface area contributed by atoms with E-state index >= 15 is 0 Å². The van der Waals surface area contributed by atoms with Crippen molar-refractivity contribution < 1.29 is 27.2 Å². The molecule has 2 heterocycles. The molecule has 2 aromatic carbocycles. The van der Waals surface area contributed by atoms with Crippen LogP contribution >= 0.6 is 34.9 Å². The first-order valence-corrected chi connectivity index (χ1v) is 14.9. The molecule has 0 bridgehead atoms. The zero-order valence-electron chi connectivity index (χ0n) is 21.1. The number of anilines is 1. The van der Waals surface area contributed by atoms with Crippen molar-refractivity contribution in [2.45, 2.75) is 31.1 Å². The van der Waals surface area contributed by atoms with Crippen molar-refractivity contribution in [3.05, 3.63) is 75.8 Å². The maximum absolute atomic E-state index is 13.8. The van der Waals surface area contributed by atoms with Crippen LogP contribution in [0.1, 0.15) is 22.6 Å². The molecule has 2 N–H and O–H groups in total. The Labute approximate surface area is 240 Å². The lowest BCUT2D eigenvalue weighted by Crippen LogP contribution is -2.29. The maximum Gasteiger partial charge on any atom is 0.230 e. The largest absolute Gasteiger partial charge is 0.303 e. The van der Waals surface area contributed by atoms with Gasteiger partial charge in [0.05, 0.1) is 12.8 Å². The number of rotatable bonds is 11. The molecule has 0 fully saturated rings. The molecule has 4 rings (SSSR count). The lowest BCUT2D eigenvalue weighted by molar-refractivity contribution is -0.119. The minimum Gasteiger partial charge on any atom is -0.303 e. The lowest BCUT2D eigenvalue weighted by atomic mass is 10.1. The number of aryl methyl sites for hydroxylation is 1. The molecular formula is C25H24F4N6O2S3. The number of hydrogen-bond donors (Lipinski definition) is 2. The maximum atomic E-state index is 13.8. The Hall–Kier alpha value is -3.17. The van der Waals surface area contributed by atoms with E-state index in [1.807, 2.05) is 0 Å². The zero-order chi connectivity index (χ0) is 28.6. The number of hydrazone groups is 1. The number of thioether (sulfide) groups is 2. The fourth-order valence-electron chi connectivity index (χ4n) is 3.64. The van der Waals surface area contributed by atoms with Crippen LogP contribution in [0.25, 0.3) is 0 Å². The summed E-state index contributed by atoms with van der Waals surface area (Å²) < 4.78 is 55.1. The summed E-state index contributed by atoms with van der Waals surface area (Å²) in [5.41, 5.74) is -0.585. The molecule has 0 saturated heterocycles. The first kappa shape index (κ1) is 29.8. The van der Waals surface area contributed by atoms with Gasteiger partial charge in [-0.1, -0.05) is 35.2 Å². The van der Waals surface area contributed by atoms with Gasteiger partial charge in [0.25, 0.3) is 0 Å². The Kier molecular flexibility index (Phi) is 10.4. The molecular weight excluding hydrogens is 589 g/mol. The van der Waals surface area contributed by atoms with Crippen LogP contribution in [0, 0.1) is 23.3 Å². The van der Waals surface area contributed by atoms with Gasteiger partial charge in [-0.05, 0) is 42.2 Å². The molecule has 212 valence electrons. The summed E-state index contributed by atoms with van der Waals surface area (Å²) in [6.45, 7) is 0. The second-order valence-electron chi connectivity index (χ2n) is 8.55. The molecule has 0 radical (unpaired) electrons. The van der Waals surface area contributed by atoms with Crippen LogP contribution in [0.4, 0.5) is 22.7 Å². The number of hydrogen-bond acceptors (Lipinski definition) is 9. The highest BCUT2D eigenvalue weighted by Crippen LogP contribution is 2.28. The zero-order valence-corrected chi connectivity index (χ0v) is 23.6. The number of halogens is 4. The SMILES string of the molecule is CN1N=C(NC(=O)Cc2c(F)cccc2F)SC1CCSCCc1nnc(NC(=O)Cc2c(F)cccc2F)s1. The van der Waals surface area contributed by atoms with Crippen LogP contribution in [-0.2, 0) is 28.9 Å². The minimum absolute atomic E-state index is 0.00405. The third-order valence-electron chi connectivity index (χ3n) is 5.64. The Morgan fingerprint density at radius 2 is 1.48 bits per heavy atom. The minimum atomic E-state index is -0.781. The highest BCUT2D eigenvalue weighted by molar-refractivity contribution is 8.14. The van der Waals surface area contributed by atoms with Crippen LogP contribution in [0.2, 0.25) is 0 Å². The number of benzene rings is 2. The first-order valence-electron chi connectivity index (χ1n) is 12.0. The van der Waals surface area contributed by atoms with E-state index < -0.39 is 47.9 Å². The number of carbonyl (C=O) groups excluding carboxylic acids is 2. The topological polar surface area (TPSA) is 99.6 Å². The van der Waals surface area contributed by atoms with Gasteiger partial charge in [-0.15, -0.1) is 10.2 Å². The van der Waals surface area contributed by atoms with E-state index in [-0.39, 0.29) is 21.6 Å². The molecule has 1 atom stereocenters. The van der Waals surface area contributed by atoms with Gasteiger partial charge in [-0.25, -0.2) is 17.6 Å². The summed E-state index contributed by atoms with van der Waals surface area (Å²) in [5.74, 6) is -2.68. The van der Waals surface area contributed by atoms with Crippen molar-refractivity contribution in [1.29, 1.82) is 0 Å². The Morgan fingerprint density at radius 3 is 2.08 bits per heavy atom. The van der Waals surface area contributed by atoms with E-state index in [2.05, 4.69) is 25.9 Å². The number of carbonyl (C=O) groups is 2. The molecule has 0 saturated carbocycles. The lowest BCUT2D eigenvalue weighted by Gasteiger charge is -2.16. The number of nitrogens with zero attached hydrogens (tertiary/aromatic N) is 4. The van der Waals surface area contributed by atoms with Gasteiger partial charge < -0.3 is 10.6 Å². The van der Waals surface area contributed by atoms with Crippen molar-refractivity contribution in [2.24, 2.45) is 5.10 Å². The standard InChI is InChI=1S/C25H24F4N6O2S3/c1-35-23(40-25(34-35)31-21(37)13-15-18(28)6-3-7-19(15)29)9-11-38-10-8-22-32-33-24(39-22)30-20(36)12-14-16(26)4-2-5-17(14)27/h2-7,23H,8-13H2,1H3,(H,30,33,36)(H,31,34,37). The molecule has 2 amide bonds. The average Bonchev–Trinajstić information content (AvgIpc) is 3.49. The smallest absolute Gasteiger partial charge is 0.230 e. The fraction of sp³-hybridized carbons (Fsp3) is 0.320. The van der Waals surface area contributed by atoms with Crippen LogP contribution in [-0.4, -0.2) is 56.1 Å². The van der Waals surface area contributed by atoms with E-state index in [9.17, 15) is 27.2 Å². The third kappa shape index (κ3) is 8.17. The summed E-state index contributed by atoms with van der Waals surface area (Å²) in [6, 6.07) is 6.89. The average molecular weight is 613 g/mol. The molecule has 0 spiro atoms. The van der Waals surface area contributed by atoms with E-state index in [1.54, 1.807) is 23.8 Å². The Bertz CT molecular complexity index is 1370. The molecule has 0 aliphatic carbocycles. The highest BCUT2D eigenvalue weighted by atomic mass is 32.2. The van der Waals surface area contributed by atoms with Crippen molar-refractivity contribution in [2.75, 3.05) is 23.9 Å². The van der Waals surface area contributed by atoms with Gasteiger partial charge in [-0.3, -0.25) is 14.6 Å². The molecule has 1 unspecified atom stereocenters. The van der Waals surface area contributed by atoms with Crippen LogP contribution < -0.4 is 10.6 Å². The molecule has 1 aromatic heterocycles. The van der Waals surface area contributed by atoms with Crippen molar-refractivity contribution in [1.82, 2.24) is 20.5 Å². The summed E-state index contributed by atoms with van der Waals surface area (Å²) in [6.07, 6.45) is 0.512. The van der Waals surface area contributed by atoms with Crippen molar-refractivity contribution in [3.8, 4) is 0 Å². The summed E-state index contributed by atoms with van der Waals surface area (Å²) >= 11 is 4.26. The summed E-state index contributed by atoms with van der Waals surface area (Å²) in [5, 5.41) is 20.5. The Balaban J connectivity index is 1.13. The predicted molar refractivity (Wildman–Crippen MR) is 149 cm³/mol. The first-order chi connectivity index (χ1) is 19.2. The molecule has 1 aliphatic rings. The Morgan fingerprint density at radius 1 is 0.900 bits per heavy atom. The summed E-state index contributed by atoms with van der Waals surface area (Å²) in [4.78, 5) is 24.4. The molecule has 8 nitrogen and oxygen atoms in total. The van der Waals surface area contributed by atoms with Crippen molar-refractivity contribution in [3.63, 3.8) is 0 Å². The molecule has 1 aliphatic heterocycles. The fourth-order valence-corrected chi connectivity index (χ4v) is 6.65. The third-order valence-corrected chi connectivity index (χ3v) is 8.78. The number of aromatic nitrogens is 2. The molecule has 40 heavy (non-hydrogen) atoms. The second kappa shape index (κ2) is 13.9. The van der Waals surface area contributed by atoms with Crippen LogP contribution in [0.3, 0.4) is 0 Å².